The second-order valence-electron chi connectivity index (χ2n) is 5.39. The molecule has 0 unspecified atom stereocenters. The predicted molar refractivity (Wildman–Crippen MR) is 79.2 cm³/mol. The van der Waals surface area contributed by atoms with Gasteiger partial charge in [-0.2, -0.15) is 0 Å². The van der Waals surface area contributed by atoms with E-state index in [0.717, 1.165) is 16.4 Å². The highest BCUT2D eigenvalue weighted by Crippen LogP contribution is 2.33. The van der Waals surface area contributed by atoms with Gasteiger partial charge >= 0.3 is 0 Å². The van der Waals surface area contributed by atoms with Crippen LogP contribution >= 0.6 is 11.6 Å². The summed E-state index contributed by atoms with van der Waals surface area (Å²) in [6, 6.07) is 5.97. The molecule has 1 aliphatic heterocycles. The third-order valence-electron chi connectivity index (χ3n) is 3.06. The second-order valence-corrected chi connectivity index (χ2v) is 5.80. The molecule has 0 aromatic heterocycles. The topological polar surface area (TPSA) is 33.7 Å². The van der Waals surface area contributed by atoms with Crippen molar-refractivity contribution in [2.45, 2.75) is 25.7 Å². The Hall–Kier alpha value is -0.970. The molecule has 5 heteroatoms. The van der Waals surface area contributed by atoms with Crippen molar-refractivity contribution >= 4 is 23.0 Å². The lowest BCUT2D eigenvalue weighted by atomic mass is 10.2. The number of ether oxygens (including phenoxy) is 2. The summed E-state index contributed by atoms with van der Waals surface area (Å²) in [4.78, 5) is 2.00. The van der Waals surface area contributed by atoms with Crippen LogP contribution in [0.3, 0.4) is 0 Å². The van der Waals surface area contributed by atoms with E-state index in [2.05, 4.69) is 5.32 Å². The van der Waals surface area contributed by atoms with E-state index in [-0.39, 0.29) is 6.04 Å². The van der Waals surface area contributed by atoms with E-state index >= 15 is 0 Å². The highest BCUT2D eigenvalue weighted by Gasteiger charge is 2.28. The number of hydrogen-bond acceptors (Lipinski definition) is 4. The first-order valence-corrected chi connectivity index (χ1v) is 6.77. The summed E-state index contributed by atoms with van der Waals surface area (Å²) in [6.45, 7) is 5.08. The summed E-state index contributed by atoms with van der Waals surface area (Å²) < 4.78 is 11.3. The van der Waals surface area contributed by atoms with Crippen molar-refractivity contribution in [3.8, 4) is 0 Å². The Labute approximate surface area is 119 Å². The van der Waals surface area contributed by atoms with Crippen LogP contribution in [0.25, 0.3) is 0 Å². The predicted octanol–water partition coefficient (Wildman–Crippen LogP) is 2.97. The second kappa shape index (κ2) is 5.57. The number of rotatable bonds is 3. The molecule has 1 aromatic rings. The van der Waals surface area contributed by atoms with Gasteiger partial charge in [0, 0.05) is 14.1 Å². The van der Waals surface area contributed by atoms with Gasteiger partial charge in [0.2, 0.25) is 0 Å². The third kappa shape index (κ3) is 3.53. The van der Waals surface area contributed by atoms with Crippen molar-refractivity contribution in [3.05, 3.63) is 23.2 Å². The van der Waals surface area contributed by atoms with Crippen LogP contribution < -0.4 is 10.2 Å². The first-order valence-electron chi connectivity index (χ1n) is 6.39. The van der Waals surface area contributed by atoms with E-state index in [0.29, 0.717) is 13.2 Å². The SMILES string of the molecule is CN(C)c1c(Cl)cccc1NC1COC(C)(C)OC1. The Kier molecular flexibility index (Phi) is 4.23. The summed E-state index contributed by atoms with van der Waals surface area (Å²) in [6.07, 6.45) is 0. The molecule has 0 amide bonds. The minimum absolute atomic E-state index is 0.130. The molecule has 1 aliphatic rings. The molecule has 2 rings (SSSR count). The van der Waals surface area contributed by atoms with Crippen molar-refractivity contribution < 1.29 is 9.47 Å². The van der Waals surface area contributed by atoms with Gasteiger partial charge in [0.05, 0.1) is 35.7 Å². The molecule has 1 N–H and O–H groups in total. The molecule has 0 atom stereocenters. The molecule has 0 saturated carbocycles. The fourth-order valence-corrected chi connectivity index (χ4v) is 2.43. The van der Waals surface area contributed by atoms with Crippen LogP contribution in [0, 0.1) is 0 Å². The van der Waals surface area contributed by atoms with E-state index in [9.17, 15) is 0 Å². The highest BCUT2D eigenvalue weighted by molar-refractivity contribution is 6.34. The van der Waals surface area contributed by atoms with E-state index in [4.69, 9.17) is 21.1 Å². The van der Waals surface area contributed by atoms with Gasteiger partial charge in [0.15, 0.2) is 5.79 Å². The van der Waals surface area contributed by atoms with Crippen molar-refractivity contribution in [1.29, 1.82) is 0 Å². The maximum absolute atomic E-state index is 6.24. The number of benzene rings is 1. The van der Waals surface area contributed by atoms with Crippen LogP contribution in [0.2, 0.25) is 5.02 Å². The average Bonchev–Trinajstić information content (AvgIpc) is 2.31. The fraction of sp³-hybridized carbons (Fsp3) is 0.571. The van der Waals surface area contributed by atoms with Crippen molar-refractivity contribution in [1.82, 2.24) is 0 Å². The van der Waals surface area contributed by atoms with Crippen LogP contribution in [-0.4, -0.2) is 39.1 Å². The number of nitrogens with one attached hydrogen (secondary N) is 1. The molecule has 19 heavy (non-hydrogen) atoms. The largest absolute Gasteiger partial charge is 0.376 e. The van der Waals surface area contributed by atoms with Gasteiger partial charge in [-0.3, -0.25) is 0 Å². The molecule has 1 heterocycles. The van der Waals surface area contributed by atoms with Gasteiger partial charge in [-0.25, -0.2) is 0 Å². The lowest BCUT2D eigenvalue weighted by Gasteiger charge is -2.36. The minimum Gasteiger partial charge on any atom is -0.376 e. The van der Waals surface area contributed by atoms with E-state index < -0.39 is 5.79 Å². The minimum atomic E-state index is -0.489. The quantitative estimate of drug-likeness (QED) is 0.925. The Morgan fingerprint density at radius 1 is 1.26 bits per heavy atom. The van der Waals surface area contributed by atoms with E-state index in [1.165, 1.54) is 0 Å². The van der Waals surface area contributed by atoms with Crippen LogP contribution in [-0.2, 0) is 9.47 Å². The van der Waals surface area contributed by atoms with Crippen LogP contribution in [0.5, 0.6) is 0 Å². The lowest BCUT2D eigenvalue weighted by molar-refractivity contribution is -0.247. The smallest absolute Gasteiger partial charge is 0.162 e. The normalized spacial score (nSPS) is 19.2. The first kappa shape index (κ1) is 14.4. The Morgan fingerprint density at radius 2 is 1.89 bits per heavy atom. The first-order chi connectivity index (χ1) is 8.89. The molecule has 0 bridgehead atoms. The number of hydrogen-bond donors (Lipinski definition) is 1. The van der Waals surface area contributed by atoms with Crippen LogP contribution in [0.1, 0.15) is 13.8 Å². The number of anilines is 2. The Balaban J connectivity index is 2.10. The molecule has 1 fully saturated rings. The zero-order valence-electron chi connectivity index (χ0n) is 11.9. The maximum atomic E-state index is 6.24. The summed E-state index contributed by atoms with van der Waals surface area (Å²) in [5, 5.41) is 4.16. The van der Waals surface area contributed by atoms with Crippen molar-refractivity contribution in [3.63, 3.8) is 0 Å². The molecule has 0 radical (unpaired) electrons. The monoisotopic (exact) mass is 284 g/mol. The molecule has 106 valence electrons. The zero-order valence-corrected chi connectivity index (χ0v) is 12.6. The summed E-state index contributed by atoms with van der Waals surface area (Å²) in [5.41, 5.74) is 1.98. The Bertz CT molecular complexity index is 439. The summed E-state index contributed by atoms with van der Waals surface area (Å²) >= 11 is 6.24. The molecule has 1 aromatic carbocycles. The fourth-order valence-electron chi connectivity index (χ4n) is 2.08. The molecule has 0 aliphatic carbocycles. The van der Waals surface area contributed by atoms with Gasteiger partial charge < -0.3 is 19.7 Å². The molecular weight excluding hydrogens is 264 g/mol. The van der Waals surface area contributed by atoms with Crippen LogP contribution in [0.15, 0.2) is 18.2 Å². The lowest BCUT2D eigenvalue weighted by Crippen LogP contribution is -2.45. The molecular formula is C14H21ClN2O2. The van der Waals surface area contributed by atoms with Gasteiger partial charge in [0.25, 0.3) is 0 Å². The van der Waals surface area contributed by atoms with Gasteiger partial charge in [-0.1, -0.05) is 17.7 Å². The van der Waals surface area contributed by atoms with Crippen molar-refractivity contribution in [2.75, 3.05) is 37.5 Å². The highest BCUT2D eigenvalue weighted by atomic mass is 35.5. The summed E-state index contributed by atoms with van der Waals surface area (Å²) in [5.74, 6) is -0.489. The average molecular weight is 285 g/mol. The van der Waals surface area contributed by atoms with E-state index in [1.807, 2.05) is 51.0 Å². The summed E-state index contributed by atoms with van der Waals surface area (Å²) in [7, 11) is 3.95. The van der Waals surface area contributed by atoms with E-state index in [1.54, 1.807) is 0 Å². The van der Waals surface area contributed by atoms with Gasteiger partial charge in [-0.05, 0) is 26.0 Å². The number of halogens is 1. The van der Waals surface area contributed by atoms with Crippen molar-refractivity contribution in [2.24, 2.45) is 0 Å². The molecule has 4 nitrogen and oxygen atoms in total. The molecule has 0 spiro atoms. The zero-order chi connectivity index (χ0) is 14.0. The standard InChI is InChI=1S/C14H21ClN2O2/c1-14(2)18-8-10(9-19-14)16-12-7-5-6-11(15)13(12)17(3)4/h5-7,10,16H,8-9H2,1-4H3. The Morgan fingerprint density at radius 3 is 2.47 bits per heavy atom. The van der Waals surface area contributed by atoms with Gasteiger partial charge in [0.1, 0.15) is 0 Å². The van der Waals surface area contributed by atoms with Crippen LogP contribution in [0.4, 0.5) is 11.4 Å². The third-order valence-corrected chi connectivity index (χ3v) is 3.36. The number of nitrogens with zero attached hydrogens (tertiary/aromatic N) is 1. The van der Waals surface area contributed by atoms with Gasteiger partial charge in [-0.15, -0.1) is 0 Å². The number of para-hydroxylation sites is 1. The molecule has 1 saturated heterocycles. The maximum Gasteiger partial charge on any atom is 0.162 e.